The third-order valence-electron chi connectivity index (χ3n) is 5.28. The van der Waals surface area contributed by atoms with Crippen molar-refractivity contribution in [1.82, 2.24) is 30.9 Å². The molecule has 1 aromatic carbocycles. The first-order valence-electron chi connectivity index (χ1n) is 10.8. The van der Waals surface area contributed by atoms with Crippen LogP contribution in [0.1, 0.15) is 18.1 Å². The van der Waals surface area contributed by atoms with Gasteiger partial charge in [0.1, 0.15) is 16.5 Å². The third kappa shape index (κ3) is 6.61. The Morgan fingerprint density at radius 3 is 2.78 bits per heavy atom. The van der Waals surface area contributed by atoms with Crippen molar-refractivity contribution < 1.29 is 32.2 Å². The van der Waals surface area contributed by atoms with Crippen molar-refractivity contribution in [2.75, 3.05) is 32.2 Å². The van der Waals surface area contributed by atoms with Crippen LogP contribution >= 0.6 is 11.9 Å². The van der Waals surface area contributed by atoms with E-state index < -0.39 is 24.1 Å². The van der Waals surface area contributed by atoms with Gasteiger partial charge in [-0.3, -0.25) is 15.6 Å². The molecule has 3 N–H and O–H groups in total. The zero-order valence-corrected chi connectivity index (χ0v) is 20.1. The Morgan fingerprint density at radius 2 is 2.08 bits per heavy atom. The number of rotatable bonds is 9. The van der Waals surface area contributed by atoms with Gasteiger partial charge in [-0.1, -0.05) is 4.52 Å². The molecular weight excluding hydrogens is 503 g/mol. The van der Waals surface area contributed by atoms with Crippen LogP contribution in [0.4, 0.5) is 19.0 Å². The van der Waals surface area contributed by atoms with Crippen LogP contribution in [0.2, 0.25) is 0 Å². The fourth-order valence-electron chi connectivity index (χ4n) is 3.75. The normalized spacial score (nSPS) is 18.9. The summed E-state index contributed by atoms with van der Waals surface area (Å²) in [7, 11) is 2.56. The predicted molar refractivity (Wildman–Crippen MR) is 124 cm³/mol. The summed E-state index contributed by atoms with van der Waals surface area (Å²) in [5.74, 6) is -0.252. The molecule has 2 aliphatic rings. The minimum Gasteiger partial charge on any atom is -0.497 e. The molecule has 0 spiro atoms. The van der Waals surface area contributed by atoms with Crippen LogP contribution in [0.25, 0.3) is 0 Å². The lowest BCUT2D eigenvalue weighted by Gasteiger charge is -2.22. The van der Waals surface area contributed by atoms with Gasteiger partial charge in [-0.25, -0.2) is 0 Å². The van der Waals surface area contributed by atoms with E-state index in [0.29, 0.717) is 0 Å². The highest BCUT2D eigenvalue weighted by molar-refractivity contribution is 8.00. The Bertz CT molecular complexity index is 1090. The molecule has 11 nitrogen and oxygen atoms in total. The average Bonchev–Trinajstić information content (AvgIpc) is 3.48. The average molecular weight is 528 g/mol. The molecule has 2 aliphatic heterocycles. The maximum Gasteiger partial charge on any atom is 0.573 e. The summed E-state index contributed by atoms with van der Waals surface area (Å²) in [5, 5.41) is 12.2. The lowest BCUT2D eigenvalue weighted by Crippen LogP contribution is -2.44. The van der Waals surface area contributed by atoms with Crippen LogP contribution in [0.5, 0.6) is 11.5 Å². The summed E-state index contributed by atoms with van der Waals surface area (Å²) >= 11 is 1.20. The number of methoxy groups -OCH3 is 2. The molecule has 194 valence electrons. The number of hydrazine groups is 2. The molecular formula is C21H24F3N7O4S. The summed E-state index contributed by atoms with van der Waals surface area (Å²) in [6.07, 6.45) is -1.92. The molecule has 2 aromatic rings. The molecule has 0 unspecified atom stereocenters. The van der Waals surface area contributed by atoms with Gasteiger partial charge in [0, 0.05) is 56.7 Å². The van der Waals surface area contributed by atoms with Gasteiger partial charge in [0.15, 0.2) is 11.9 Å². The lowest BCUT2D eigenvalue weighted by molar-refractivity contribution is -0.274. The molecule has 15 heteroatoms. The molecule has 1 fully saturated rings. The van der Waals surface area contributed by atoms with Gasteiger partial charge in [-0.2, -0.15) is 5.10 Å². The zero-order chi connectivity index (χ0) is 25.7. The minimum atomic E-state index is -4.90. The van der Waals surface area contributed by atoms with E-state index in [4.69, 9.17) is 9.47 Å². The molecule has 1 aromatic heterocycles. The predicted octanol–water partition coefficient (Wildman–Crippen LogP) is 2.24. The number of nitrogens with zero attached hydrogens (tertiary/aromatic N) is 4. The van der Waals surface area contributed by atoms with E-state index in [2.05, 4.69) is 36.0 Å². The second kappa shape index (κ2) is 11.1. The first-order chi connectivity index (χ1) is 17.2. The van der Waals surface area contributed by atoms with E-state index >= 15 is 0 Å². The van der Waals surface area contributed by atoms with Crippen molar-refractivity contribution in [2.45, 2.75) is 24.9 Å². The number of carbonyl (C=O) groups excluding carboxylic acids is 1. The molecule has 1 amide bonds. The summed E-state index contributed by atoms with van der Waals surface area (Å²) in [5.41, 5.74) is 5.64. The molecule has 0 bridgehead atoms. The Hall–Kier alpha value is -3.43. The van der Waals surface area contributed by atoms with E-state index in [1.807, 2.05) is 12.1 Å². The van der Waals surface area contributed by atoms with Gasteiger partial charge in [-0.15, -0.1) is 18.3 Å². The van der Waals surface area contributed by atoms with E-state index in [1.54, 1.807) is 12.4 Å². The van der Waals surface area contributed by atoms with Crippen molar-refractivity contribution in [1.29, 1.82) is 0 Å². The molecule has 0 radical (unpaired) electrons. The van der Waals surface area contributed by atoms with Gasteiger partial charge < -0.3 is 24.4 Å². The molecule has 0 saturated carbocycles. The number of nitrogens with one attached hydrogen (secondary N) is 3. The van der Waals surface area contributed by atoms with E-state index in [9.17, 15) is 18.0 Å². The Balaban J connectivity index is 1.32. The summed E-state index contributed by atoms with van der Waals surface area (Å²) in [6.45, 7) is 1.57. The van der Waals surface area contributed by atoms with Crippen LogP contribution < -0.4 is 30.5 Å². The van der Waals surface area contributed by atoms with Crippen molar-refractivity contribution in [3.63, 3.8) is 0 Å². The van der Waals surface area contributed by atoms with Gasteiger partial charge in [0.2, 0.25) is 0 Å². The van der Waals surface area contributed by atoms with Crippen molar-refractivity contribution in [2.24, 2.45) is 0 Å². The number of ether oxygens (including phenoxy) is 3. The number of hydrogen-bond acceptors (Lipinski definition) is 11. The first-order valence-corrected chi connectivity index (χ1v) is 11.5. The molecule has 3 heterocycles. The number of amides is 1. The quantitative estimate of drug-likeness (QED) is 0.418. The second-order valence-electron chi connectivity index (χ2n) is 7.76. The van der Waals surface area contributed by atoms with Crippen LogP contribution in [0, 0.1) is 0 Å². The van der Waals surface area contributed by atoms with Crippen molar-refractivity contribution >= 4 is 23.7 Å². The minimum absolute atomic E-state index is 0.0792. The maximum atomic E-state index is 12.9. The van der Waals surface area contributed by atoms with E-state index in [0.717, 1.165) is 42.5 Å². The number of anilines is 1. The fraction of sp³-hybridized carbons (Fsp3) is 0.381. The number of halogens is 3. The fourth-order valence-corrected chi connectivity index (χ4v) is 4.51. The highest BCUT2D eigenvalue weighted by Gasteiger charge is 2.33. The Labute approximate surface area is 209 Å². The highest BCUT2D eigenvalue weighted by atomic mass is 32.2. The number of hydrogen-bond donors (Lipinski definition) is 3. The third-order valence-corrected chi connectivity index (χ3v) is 6.09. The molecule has 0 aliphatic carbocycles. The number of carbonyl (C=O) groups is 1. The van der Waals surface area contributed by atoms with Crippen LogP contribution in [0.15, 0.2) is 47.8 Å². The number of benzene rings is 1. The highest BCUT2D eigenvalue weighted by Crippen LogP contribution is 2.32. The second-order valence-corrected chi connectivity index (χ2v) is 8.75. The number of aromatic nitrogens is 2. The van der Waals surface area contributed by atoms with Crippen molar-refractivity contribution in [3.8, 4) is 11.5 Å². The topological polar surface area (TPSA) is 113 Å². The van der Waals surface area contributed by atoms with Gasteiger partial charge in [0.05, 0.1) is 7.11 Å². The standard InChI is InChI=1S/C21H24F3N7O4S/c1-33-15-8-13(9-16(10-15)35-21(22,23)24)19(34-2)20(32)29-31-26-11-18(36-31)27-14-5-7-30(12-14)17-4-3-6-25-28-17/h3-4,6,8-11,14,19,26-27H,5,7,12H2,1-2H3,(H,29,32)/t14-,19-/m1/s1. The van der Waals surface area contributed by atoms with Crippen LogP contribution in [-0.2, 0) is 9.53 Å². The maximum absolute atomic E-state index is 12.9. The van der Waals surface area contributed by atoms with Crippen LogP contribution in [-0.4, -0.2) is 60.3 Å². The Morgan fingerprint density at radius 1 is 1.28 bits per heavy atom. The monoisotopic (exact) mass is 527 g/mol. The van der Waals surface area contributed by atoms with Crippen LogP contribution in [0.3, 0.4) is 0 Å². The SMILES string of the molecule is COc1cc(OC(F)(F)F)cc([C@@H](OC)C(=O)NN2NC=C(N[C@@H]3CCN(c4cccnn4)C3)S2)c1. The summed E-state index contributed by atoms with van der Waals surface area (Å²) < 4.78 is 53.7. The summed E-state index contributed by atoms with van der Waals surface area (Å²) in [4.78, 5) is 15.0. The van der Waals surface area contributed by atoms with E-state index in [-0.39, 0.29) is 17.4 Å². The number of alkyl halides is 3. The largest absolute Gasteiger partial charge is 0.573 e. The molecule has 2 atom stereocenters. The lowest BCUT2D eigenvalue weighted by atomic mass is 10.1. The first kappa shape index (κ1) is 25.7. The Kier molecular flexibility index (Phi) is 7.91. The van der Waals surface area contributed by atoms with Gasteiger partial charge in [0.25, 0.3) is 5.91 Å². The smallest absolute Gasteiger partial charge is 0.497 e. The van der Waals surface area contributed by atoms with Gasteiger partial charge >= 0.3 is 6.36 Å². The van der Waals surface area contributed by atoms with E-state index in [1.165, 1.54) is 36.8 Å². The molecule has 36 heavy (non-hydrogen) atoms. The molecule has 1 saturated heterocycles. The zero-order valence-electron chi connectivity index (χ0n) is 19.3. The van der Waals surface area contributed by atoms with Gasteiger partial charge in [-0.05, 0) is 36.2 Å². The molecule has 4 rings (SSSR count). The van der Waals surface area contributed by atoms with Crippen molar-refractivity contribution in [3.05, 3.63) is 53.3 Å². The summed E-state index contributed by atoms with van der Waals surface area (Å²) in [6, 6.07) is 7.45.